The lowest BCUT2D eigenvalue weighted by atomic mass is 10.2. The zero-order valence-electron chi connectivity index (χ0n) is 9.35. The van der Waals surface area contributed by atoms with Gasteiger partial charge in [0.15, 0.2) is 6.79 Å². The van der Waals surface area contributed by atoms with Crippen LogP contribution in [0.25, 0.3) is 0 Å². The molecule has 4 heteroatoms. The van der Waals surface area contributed by atoms with Crippen molar-refractivity contribution in [1.29, 1.82) is 0 Å². The van der Waals surface area contributed by atoms with E-state index in [0.717, 1.165) is 5.75 Å². The number of methoxy groups -OCH3 is 1. The first kappa shape index (κ1) is 12.1. The normalized spacial score (nSPS) is 17.3. The van der Waals surface area contributed by atoms with Crippen molar-refractivity contribution < 1.29 is 9.47 Å². The third-order valence-electron chi connectivity index (χ3n) is 2.33. The van der Waals surface area contributed by atoms with Crippen molar-refractivity contribution in [1.82, 2.24) is 0 Å². The van der Waals surface area contributed by atoms with Gasteiger partial charge in [-0.15, -0.1) is 23.5 Å². The largest absolute Gasteiger partial charge is 0.467 e. The van der Waals surface area contributed by atoms with Gasteiger partial charge in [-0.05, 0) is 24.0 Å². The van der Waals surface area contributed by atoms with E-state index in [1.54, 1.807) is 7.11 Å². The van der Waals surface area contributed by atoms with E-state index in [0.29, 0.717) is 11.4 Å². The molecule has 0 N–H and O–H groups in total. The molecular formula is C12H16O2S2. The quantitative estimate of drug-likeness (QED) is 0.767. The van der Waals surface area contributed by atoms with E-state index >= 15 is 0 Å². The molecule has 1 aromatic carbocycles. The number of hydrogen-bond acceptors (Lipinski definition) is 4. The smallest absolute Gasteiger partial charge is 0.188 e. The first-order valence-corrected chi connectivity index (χ1v) is 7.45. The highest BCUT2D eigenvalue weighted by Gasteiger charge is 2.19. The average Bonchev–Trinajstić information content (AvgIpc) is 2.38. The van der Waals surface area contributed by atoms with Crippen LogP contribution in [0.1, 0.15) is 16.6 Å². The minimum Gasteiger partial charge on any atom is -0.467 e. The van der Waals surface area contributed by atoms with Crippen LogP contribution in [0.3, 0.4) is 0 Å². The molecule has 1 heterocycles. The maximum atomic E-state index is 5.59. The number of ether oxygens (including phenoxy) is 2. The summed E-state index contributed by atoms with van der Waals surface area (Å²) in [6, 6.07) is 8.25. The number of para-hydroxylation sites is 1. The predicted octanol–water partition coefficient (Wildman–Crippen LogP) is 3.54. The van der Waals surface area contributed by atoms with Gasteiger partial charge in [0.25, 0.3) is 0 Å². The maximum Gasteiger partial charge on any atom is 0.188 e. The highest BCUT2D eigenvalue weighted by Crippen LogP contribution is 2.46. The summed E-state index contributed by atoms with van der Waals surface area (Å²) in [5.41, 5.74) is 1.29. The fourth-order valence-electron chi connectivity index (χ4n) is 1.60. The molecule has 1 saturated heterocycles. The Kier molecular flexibility index (Phi) is 4.88. The molecule has 88 valence electrons. The van der Waals surface area contributed by atoms with E-state index in [9.17, 15) is 0 Å². The average molecular weight is 256 g/mol. The van der Waals surface area contributed by atoms with Crippen molar-refractivity contribution in [3.05, 3.63) is 29.8 Å². The lowest BCUT2D eigenvalue weighted by Gasteiger charge is -2.23. The fourth-order valence-corrected chi connectivity index (χ4v) is 4.54. The number of rotatable bonds is 4. The summed E-state index contributed by atoms with van der Waals surface area (Å²) in [5.74, 6) is 3.45. The highest BCUT2D eigenvalue weighted by molar-refractivity contribution is 8.16. The molecular weight excluding hydrogens is 240 g/mol. The van der Waals surface area contributed by atoms with Gasteiger partial charge in [0.1, 0.15) is 5.75 Å². The van der Waals surface area contributed by atoms with Crippen LogP contribution in [-0.2, 0) is 4.74 Å². The maximum absolute atomic E-state index is 5.59. The number of benzene rings is 1. The molecule has 1 aliphatic rings. The predicted molar refractivity (Wildman–Crippen MR) is 71.2 cm³/mol. The van der Waals surface area contributed by atoms with Gasteiger partial charge in [-0.25, -0.2) is 0 Å². The molecule has 0 aromatic heterocycles. The van der Waals surface area contributed by atoms with E-state index in [4.69, 9.17) is 9.47 Å². The van der Waals surface area contributed by atoms with Gasteiger partial charge in [-0.2, -0.15) is 0 Å². The molecule has 0 unspecified atom stereocenters. The monoisotopic (exact) mass is 256 g/mol. The van der Waals surface area contributed by atoms with Crippen LogP contribution in [0.2, 0.25) is 0 Å². The van der Waals surface area contributed by atoms with Gasteiger partial charge >= 0.3 is 0 Å². The van der Waals surface area contributed by atoms with Crippen LogP contribution in [0, 0.1) is 0 Å². The third-order valence-corrected chi connectivity index (χ3v) is 5.31. The molecule has 0 atom stereocenters. The Balaban J connectivity index is 2.11. The summed E-state index contributed by atoms with van der Waals surface area (Å²) in [6.07, 6.45) is 1.31. The van der Waals surface area contributed by atoms with Gasteiger partial charge in [0, 0.05) is 12.7 Å². The summed E-state index contributed by atoms with van der Waals surface area (Å²) < 4.78 is 11.1. The van der Waals surface area contributed by atoms with Crippen LogP contribution < -0.4 is 4.74 Å². The molecule has 0 bridgehead atoms. The second-order valence-electron chi connectivity index (χ2n) is 3.52. The van der Waals surface area contributed by atoms with Crippen LogP contribution in [0.5, 0.6) is 5.75 Å². The van der Waals surface area contributed by atoms with Gasteiger partial charge in [0.05, 0.1) is 4.58 Å². The van der Waals surface area contributed by atoms with Crippen molar-refractivity contribution in [2.24, 2.45) is 0 Å². The van der Waals surface area contributed by atoms with Crippen molar-refractivity contribution in [2.45, 2.75) is 11.0 Å². The van der Waals surface area contributed by atoms with Gasteiger partial charge < -0.3 is 9.47 Å². The Morgan fingerprint density at radius 1 is 1.25 bits per heavy atom. The van der Waals surface area contributed by atoms with Crippen LogP contribution in [0.15, 0.2) is 24.3 Å². The Bertz CT molecular complexity index is 325. The van der Waals surface area contributed by atoms with E-state index in [2.05, 4.69) is 12.1 Å². The molecule has 1 aliphatic heterocycles. The number of hydrogen-bond donors (Lipinski definition) is 0. The van der Waals surface area contributed by atoms with Gasteiger partial charge in [0.2, 0.25) is 0 Å². The fraction of sp³-hybridized carbons (Fsp3) is 0.500. The Labute approximate surface area is 105 Å². The standard InChI is InChI=1S/C12H16O2S2/c1-13-9-14-11-6-3-2-5-10(11)12-15-7-4-8-16-12/h2-3,5-6,12H,4,7-9H2,1H3. The SMILES string of the molecule is COCOc1ccccc1C1SCCCS1. The summed E-state index contributed by atoms with van der Waals surface area (Å²) >= 11 is 4.01. The number of thioether (sulfide) groups is 2. The van der Waals surface area contributed by atoms with E-state index < -0.39 is 0 Å². The minimum absolute atomic E-state index is 0.319. The molecule has 0 amide bonds. The van der Waals surface area contributed by atoms with Crippen molar-refractivity contribution in [3.63, 3.8) is 0 Å². The molecule has 0 spiro atoms. The van der Waals surface area contributed by atoms with Crippen LogP contribution in [-0.4, -0.2) is 25.4 Å². The molecule has 0 aliphatic carbocycles. The summed E-state index contributed by atoms with van der Waals surface area (Å²) in [6.45, 7) is 0.319. The lowest BCUT2D eigenvalue weighted by molar-refractivity contribution is 0.0506. The van der Waals surface area contributed by atoms with Crippen molar-refractivity contribution >= 4 is 23.5 Å². The summed E-state index contributed by atoms with van der Waals surface area (Å²) in [7, 11) is 1.65. The molecule has 2 nitrogen and oxygen atoms in total. The Morgan fingerprint density at radius 3 is 2.75 bits per heavy atom. The molecule has 0 radical (unpaired) electrons. The molecule has 2 rings (SSSR count). The van der Waals surface area contributed by atoms with Crippen LogP contribution in [0.4, 0.5) is 0 Å². The zero-order valence-corrected chi connectivity index (χ0v) is 11.0. The molecule has 16 heavy (non-hydrogen) atoms. The van der Waals surface area contributed by atoms with E-state index in [1.165, 1.54) is 23.5 Å². The van der Waals surface area contributed by atoms with Gasteiger partial charge in [-0.1, -0.05) is 18.2 Å². The van der Waals surface area contributed by atoms with Crippen LogP contribution >= 0.6 is 23.5 Å². The lowest BCUT2D eigenvalue weighted by Crippen LogP contribution is -2.05. The van der Waals surface area contributed by atoms with Crippen molar-refractivity contribution in [2.75, 3.05) is 25.4 Å². The Morgan fingerprint density at radius 2 is 2.00 bits per heavy atom. The van der Waals surface area contributed by atoms with E-state index in [-0.39, 0.29) is 0 Å². The first-order valence-electron chi connectivity index (χ1n) is 5.35. The molecule has 1 aromatic rings. The Hall–Kier alpha value is -0.320. The summed E-state index contributed by atoms with van der Waals surface area (Å²) in [5, 5.41) is 0. The summed E-state index contributed by atoms with van der Waals surface area (Å²) in [4.78, 5) is 0. The first-order chi connectivity index (χ1) is 7.92. The highest BCUT2D eigenvalue weighted by atomic mass is 32.2. The zero-order chi connectivity index (χ0) is 11.2. The second kappa shape index (κ2) is 6.42. The molecule has 1 fully saturated rings. The third kappa shape index (κ3) is 3.09. The second-order valence-corrected chi connectivity index (χ2v) is 6.24. The minimum atomic E-state index is 0.319. The van der Waals surface area contributed by atoms with Gasteiger partial charge in [-0.3, -0.25) is 0 Å². The van der Waals surface area contributed by atoms with Crippen molar-refractivity contribution in [3.8, 4) is 5.75 Å². The topological polar surface area (TPSA) is 18.5 Å². The van der Waals surface area contributed by atoms with E-state index in [1.807, 2.05) is 35.7 Å². The molecule has 0 saturated carbocycles.